The van der Waals surface area contributed by atoms with Gasteiger partial charge in [-0.05, 0) is 54.5 Å². The topological polar surface area (TPSA) is 70.6 Å². The number of aromatic nitrogens is 2. The molecule has 1 fully saturated rings. The third kappa shape index (κ3) is 5.08. The summed E-state index contributed by atoms with van der Waals surface area (Å²) in [7, 11) is 1.70. The summed E-state index contributed by atoms with van der Waals surface area (Å²) in [4.78, 5) is 25.8. The Morgan fingerprint density at radius 1 is 1.20 bits per heavy atom. The fourth-order valence-corrected chi connectivity index (χ4v) is 4.51. The number of carbonyl (C=O) groups is 1. The highest BCUT2D eigenvalue weighted by molar-refractivity contribution is 5.77. The van der Waals surface area contributed by atoms with Crippen LogP contribution >= 0.6 is 0 Å². The Morgan fingerprint density at radius 3 is 2.77 bits per heavy atom. The van der Waals surface area contributed by atoms with E-state index in [9.17, 15) is 4.79 Å². The van der Waals surface area contributed by atoms with Crippen LogP contribution in [0.5, 0.6) is 5.75 Å². The maximum absolute atomic E-state index is 12.5. The zero-order valence-electron chi connectivity index (χ0n) is 17.7. The summed E-state index contributed by atoms with van der Waals surface area (Å²) in [5.74, 6) is 2.17. The predicted octanol–water partition coefficient (Wildman–Crippen LogP) is 2.23. The summed E-state index contributed by atoms with van der Waals surface area (Å²) in [6.07, 6.45) is 7.42. The van der Waals surface area contributed by atoms with Gasteiger partial charge in [0.1, 0.15) is 5.75 Å². The normalized spacial score (nSPS) is 19.2. The Hall–Kier alpha value is -2.67. The van der Waals surface area contributed by atoms with Crippen molar-refractivity contribution in [2.24, 2.45) is 0 Å². The quantitative estimate of drug-likeness (QED) is 0.756. The van der Waals surface area contributed by atoms with Crippen LogP contribution in [0.4, 0.5) is 5.95 Å². The van der Waals surface area contributed by atoms with E-state index in [1.165, 1.54) is 11.1 Å². The van der Waals surface area contributed by atoms with Crippen LogP contribution in [0.25, 0.3) is 0 Å². The number of hydrogen-bond acceptors (Lipinski definition) is 6. The molecule has 1 saturated heterocycles. The molecule has 7 heteroatoms. The van der Waals surface area contributed by atoms with Crippen molar-refractivity contribution in [2.75, 3.05) is 51.3 Å². The van der Waals surface area contributed by atoms with Gasteiger partial charge in [-0.1, -0.05) is 6.07 Å². The highest BCUT2D eigenvalue weighted by Crippen LogP contribution is 2.35. The second-order valence-electron chi connectivity index (χ2n) is 8.09. The molecule has 7 nitrogen and oxygen atoms in total. The number of methoxy groups -OCH3 is 1. The lowest BCUT2D eigenvalue weighted by Gasteiger charge is -2.34. The maximum atomic E-state index is 12.5. The Bertz CT molecular complexity index is 837. The van der Waals surface area contributed by atoms with E-state index in [-0.39, 0.29) is 5.91 Å². The van der Waals surface area contributed by atoms with E-state index in [1.54, 1.807) is 19.5 Å². The molecule has 1 aliphatic carbocycles. The van der Waals surface area contributed by atoms with Crippen molar-refractivity contribution >= 4 is 11.9 Å². The number of aryl methyl sites for hydroxylation is 1. The van der Waals surface area contributed by atoms with E-state index in [4.69, 9.17) is 4.74 Å². The van der Waals surface area contributed by atoms with Gasteiger partial charge in [-0.2, -0.15) is 0 Å². The van der Waals surface area contributed by atoms with Crippen LogP contribution in [-0.4, -0.2) is 67.2 Å². The summed E-state index contributed by atoms with van der Waals surface area (Å²) < 4.78 is 5.35. The first kappa shape index (κ1) is 20.6. The number of piperazine rings is 1. The SMILES string of the molecule is COc1ccc2c(c1)CCCC2CC(=O)NCCN1CCN(c2ncccn2)CC1. The summed E-state index contributed by atoms with van der Waals surface area (Å²) in [5.41, 5.74) is 2.65. The maximum Gasteiger partial charge on any atom is 0.225 e. The average molecular weight is 410 g/mol. The van der Waals surface area contributed by atoms with E-state index in [0.717, 1.165) is 63.7 Å². The molecule has 1 aliphatic heterocycles. The molecule has 1 atom stereocenters. The molecule has 1 aromatic carbocycles. The number of nitrogens with one attached hydrogen (secondary N) is 1. The molecule has 0 radical (unpaired) electrons. The molecule has 0 spiro atoms. The molecule has 0 saturated carbocycles. The van der Waals surface area contributed by atoms with E-state index >= 15 is 0 Å². The van der Waals surface area contributed by atoms with E-state index in [0.29, 0.717) is 18.9 Å². The average Bonchev–Trinajstić information content (AvgIpc) is 2.80. The van der Waals surface area contributed by atoms with E-state index in [2.05, 4.69) is 37.2 Å². The fraction of sp³-hybridized carbons (Fsp3) is 0.522. The smallest absolute Gasteiger partial charge is 0.225 e. The van der Waals surface area contributed by atoms with Gasteiger partial charge in [0.05, 0.1) is 7.11 Å². The second-order valence-corrected chi connectivity index (χ2v) is 8.09. The highest BCUT2D eigenvalue weighted by Gasteiger charge is 2.23. The molecule has 30 heavy (non-hydrogen) atoms. The van der Waals surface area contributed by atoms with Gasteiger partial charge in [0.2, 0.25) is 11.9 Å². The van der Waals surface area contributed by atoms with Crippen LogP contribution in [0.1, 0.15) is 36.3 Å². The lowest BCUT2D eigenvalue weighted by Crippen LogP contribution is -2.49. The number of anilines is 1. The molecule has 0 bridgehead atoms. The highest BCUT2D eigenvalue weighted by atomic mass is 16.5. The van der Waals surface area contributed by atoms with E-state index in [1.807, 2.05) is 12.1 Å². The minimum absolute atomic E-state index is 0.153. The molecule has 2 heterocycles. The Kier molecular flexibility index (Phi) is 6.79. The Morgan fingerprint density at radius 2 is 2.00 bits per heavy atom. The van der Waals surface area contributed by atoms with Gasteiger partial charge < -0.3 is 15.0 Å². The predicted molar refractivity (Wildman–Crippen MR) is 117 cm³/mol. The van der Waals surface area contributed by atoms with Crippen LogP contribution in [-0.2, 0) is 11.2 Å². The van der Waals surface area contributed by atoms with Gasteiger partial charge in [0.25, 0.3) is 0 Å². The standard InChI is InChI=1S/C23H31N5O2/c1-30-20-6-7-21-18(16-20)4-2-5-19(21)17-22(29)24-10-11-27-12-14-28(15-13-27)23-25-8-3-9-26-23/h3,6-9,16,19H,2,4-5,10-15,17H2,1H3,(H,24,29). The van der Waals surface area contributed by atoms with Crippen molar-refractivity contribution in [1.82, 2.24) is 20.2 Å². The van der Waals surface area contributed by atoms with Gasteiger partial charge in [-0.3, -0.25) is 9.69 Å². The lowest BCUT2D eigenvalue weighted by atomic mass is 9.81. The fourth-order valence-electron chi connectivity index (χ4n) is 4.51. The van der Waals surface area contributed by atoms with Crippen molar-refractivity contribution in [3.63, 3.8) is 0 Å². The molecule has 1 unspecified atom stereocenters. The Labute approximate surface area is 178 Å². The van der Waals surface area contributed by atoms with Gasteiger partial charge in [-0.25, -0.2) is 9.97 Å². The number of fused-ring (bicyclic) bond motifs is 1. The number of nitrogens with zero attached hydrogens (tertiary/aromatic N) is 4. The van der Waals surface area contributed by atoms with Crippen molar-refractivity contribution in [3.8, 4) is 5.75 Å². The van der Waals surface area contributed by atoms with Crippen LogP contribution in [0.2, 0.25) is 0 Å². The minimum Gasteiger partial charge on any atom is -0.497 e. The zero-order chi connectivity index (χ0) is 20.8. The number of amides is 1. The molecule has 1 N–H and O–H groups in total. The Balaban J connectivity index is 1.19. The number of carbonyl (C=O) groups excluding carboxylic acids is 1. The molecule has 2 aliphatic rings. The summed E-state index contributed by atoms with van der Waals surface area (Å²) in [5, 5.41) is 3.13. The lowest BCUT2D eigenvalue weighted by molar-refractivity contribution is -0.121. The van der Waals surface area contributed by atoms with Gasteiger partial charge >= 0.3 is 0 Å². The van der Waals surface area contributed by atoms with Gasteiger partial charge in [-0.15, -0.1) is 0 Å². The van der Waals surface area contributed by atoms with Crippen LogP contribution in [0.15, 0.2) is 36.7 Å². The minimum atomic E-state index is 0.153. The number of benzene rings is 1. The first-order valence-corrected chi connectivity index (χ1v) is 10.9. The van der Waals surface area contributed by atoms with Gasteiger partial charge in [0.15, 0.2) is 0 Å². The summed E-state index contributed by atoms with van der Waals surface area (Å²) in [6, 6.07) is 8.11. The first-order chi connectivity index (χ1) is 14.7. The molecular formula is C23H31N5O2. The van der Waals surface area contributed by atoms with Crippen molar-refractivity contribution in [2.45, 2.75) is 31.6 Å². The summed E-state index contributed by atoms with van der Waals surface area (Å²) >= 11 is 0. The largest absolute Gasteiger partial charge is 0.497 e. The third-order valence-corrected chi connectivity index (χ3v) is 6.18. The zero-order valence-corrected chi connectivity index (χ0v) is 17.7. The number of rotatable bonds is 7. The van der Waals surface area contributed by atoms with Crippen LogP contribution in [0.3, 0.4) is 0 Å². The third-order valence-electron chi connectivity index (χ3n) is 6.18. The molecule has 2 aromatic rings. The molecule has 1 amide bonds. The second kappa shape index (κ2) is 9.89. The molecule has 160 valence electrons. The monoisotopic (exact) mass is 409 g/mol. The van der Waals surface area contributed by atoms with Gasteiger partial charge in [0, 0.05) is 58.1 Å². The number of hydrogen-bond donors (Lipinski definition) is 1. The molecular weight excluding hydrogens is 378 g/mol. The van der Waals surface area contributed by atoms with Crippen molar-refractivity contribution < 1.29 is 9.53 Å². The molecule has 1 aromatic heterocycles. The number of ether oxygens (including phenoxy) is 1. The van der Waals surface area contributed by atoms with Crippen molar-refractivity contribution in [1.29, 1.82) is 0 Å². The van der Waals surface area contributed by atoms with E-state index < -0.39 is 0 Å². The first-order valence-electron chi connectivity index (χ1n) is 10.9. The summed E-state index contributed by atoms with van der Waals surface area (Å²) in [6.45, 7) is 5.34. The van der Waals surface area contributed by atoms with Crippen molar-refractivity contribution in [3.05, 3.63) is 47.8 Å². The van der Waals surface area contributed by atoms with Crippen LogP contribution in [0, 0.1) is 0 Å². The molecule has 4 rings (SSSR count). The van der Waals surface area contributed by atoms with Crippen LogP contribution < -0.4 is 15.0 Å².